The summed E-state index contributed by atoms with van der Waals surface area (Å²) in [6.45, 7) is 3.32. The molecule has 0 radical (unpaired) electrons. The largest absolute Gasteiger partial charge is 0.493 e. The molecule has 1 N–H and O–H groups in total. The molecular formula is C39H39N5O5S. The average molecular weight is 690 g/mol. The number of ether oxygens (including phenoxy) is 2. The van der Waals surface area contributed by atoms with Gasteiger partial charge in [0.15, 0.2) is 0 Å². The van der Waals surface area contributed by atoms with Crippen molar-refractivity contribution >= 4 is 27.3 Å². The number of carbonyl (C=O) groups excluding carboxylic acids is 1. The summed E-state index contributed by atoms with van der Waals surface area (Å²) >= 11 is 0. The van der Waals surface area contributed by atoms with E-state index in [9.17, 15) is 18.5 Å². The van der Waals surface area contributed by atoms with E-state index in [2.05, 4.69) is 20.7 Å². The molecule has 0 spiro atoms. The summed E-state index contributed by atoms with van der Waals surface area (Å²) in [4.78, 5) is 20.7. The molecule has 50 heavy (non-hydrogen) atoms. The second-order valence-corrected chi connectivity index (χ2v) is 13.8. The number of sulfonamides is 1. The molecule has 11 heteroatoms. The Morgan fingerprint density at radius 1 is 0.860 bits per heavy atom. The lowest BCUT2D eigenvalue weighted by Gasteiger charge is -2.28. The average Bonchev–Trinajstić information content (AvgIpc) is 3.09. The van der Waals surface area contributed by atoms with Gasteiger partial charge in [-0.2, -0.15) is 5.26 Å². The van der Waals surface area contributed by atoms with Gasteiger partial charge in [-0.3, -0.25) is 14.5 Å². The number of benzene rings is 4. The second-order valence-electron chi connectivity index (χ2n) is 12.1. The molecule has 1 heterocycles. The first kappa shape index (κ1) is 35.4. The number of rotatable bonds is 14. The minimum absolute atomic E-state index is 0.170. The Morgan fingerprint density at radius 2 is 1.54 bits per heavy atom. The quantitative estimate of drug-likeness (QED) is 0.133. The molecule has 10 nitrogen and oxygen atoms in total. The van der Waals surface area contributed by atoms with E-state index in [1.807, 2.05) is 67.6 Å². The molecule has 0 unspecified atom stereocenters. The maximum absolute atomic E-state index is 12.9. The van der Waals surface area contributed by atoms with Crippen molar-refractivity contribution < 1.29 is 22.7 Å². The van der Waals surface area contributed by atoms with Gasteiger partial charge in [0.05, 0.1) is 30.2 Å². The van der Waals surface area contributed by atoms with Gasteiger partial charge in [0.1, 0.15) is 17.2 Å². The highest BCUT2D eigenvalue weighted by atomic mass is 32.2. The van der Waals surface area contributed by atoms with E-state index in [1.165, 1.54) is 4.90 Å². The molecule has 0 aliphatic rings. The molecule has 0 atom stereocenters. The number of pyridine rings is 1. The van der Waals surface area contributed by atoms with Crippen LogP contribution in [-0.2, 0) is 29.5 Å². The molecule has 0 aliphatic carbocycles. The number of nitrogens with one attached hydrogen (secondary N) is 1. The fraction of sp³-hybridized carbons (Fsp3) is 0.205. The second kappa shape index (κ2) is 16.0. The number of hydrogen-bond acceptors (Lipinski definition) is 8. The van der Waals surface area contributed by atoms with E-state index in [4.69, 9.17) is 9.47 Å². The molecule has 0 saturated carbocycles. The Balaban J connectivity index is 1.37. The van der Waals surface area contributed by atoms with E-state index >= 15 is 0 Å². The van der Waals surface area contributed by atoms with Crippen LogP contribution in [0.2, 0.25) is 0 Å². The SMILES string of the molecule is Cc1c(NS(C)(=O)=O)cccc1N(Cc1ccc(C#N)cc1)Cc1ccc(Oc2cc(OCCc3cccnc3)cc(C(=O)N(C)C)c2)cc1. The van der Waals surface area contributed by atoms with Crippen LogP contribution in [0.5, 0.6) is 17.2 Å². The van der Waals surface area contributed by atoms with Crippen molar-refractivity contribution in [3.8, 4) is 23.3 Å². The van der Waals surface area contributed by atoms with E-state index < -0.39 is 10.0 Å². The van der Waals surface area contributed by atoms with Crippen molar-refractivity contribution in [2.45, 2.75) is 26.4 Å². The Bertz CT molecular complexity index is 2080. The van der Waals surface area contributed by atoms with Gasteiger partial charge in [-0.25, -0.2) is 8.42 Å². The van der Waals surface area contributed by atoms with Gasteiger partial charge in [0.25, 0.3) is 5.91 Å². The predicted molar refractivity (Wildman–Crippen MR) is 195 cm³/mol. The highest BCUT2D eigenvalue weighted by molar-refractivity contribution is 7.92. The van der Waals surface area contributed by atoms with Crippen LogP contribution in [0.3, 0.4) is 0 Å². The van der Waals surface area contributed by atoms with Gasteiger partial charge >= 0.3 is 0 Å². The monoisotopic (exact) mass is 689 g/mol. The number of aromatic nitrogens is 1. The first-order valence-electron chi connectivity index (χ1n) is 15.9. The van der Waals surface area contributed by atoms with E-state index in [0.29, 0.717) is 60.2 Å². The lowest BCUT2D eigenvalue weighted by atomic mass is 10.1. The van der Waals surface area contributed by atoms with Gasteiger partial charge < -0.3 is 19.3 Å². The van der Waals surface area contributed by atoms with E-state index in [0.717, 1.165) is 34.2 Å². The van der Waals surface area contributed by atoms with Crippen molar-refractivity contribution in [1.29, 1.82) is 5.26 Å². The molecule has 5 rings (SSSR count). The highest BCUT2D eigenvalue weighted by Gasteiger charge is 2.16. The molecule has 0 bridgehead atoms. The van der Waals surface area contributed by atoms with Crippen LogP contribution in [0.1, 0.15) is 38.2 Å². The normalized spacial score (nSPS) is 10.9. The Labute approximate surface area is 293 Å². The van der Waals surface area contributed by atoms with Crippen molar-refractivity contribution in [3.05, 3.63) is 143 Å². The maximum Gasteiger partial charge on any atom is 0.253 e. The van der Waals surface area contributed by atoms with E-state index in [-0.39, 0.29) is 5.91 Å². The number of hydrogen-bond donors (Lipinski definition) is 1. The van der Waals surface area contributed by atoms with E-state index in [1.54, 1.807) is 62.9 Å². The fourth-order valence-corrected chi connectivity index (χ4v) is 5.98. The van der Waals surface area contributed by atoms with Gasteiger partial charge in [0.2, 0.25) is 10.0 Å². The van der Waals surface area contributed by atoms with Gasteiger partial charge in [0, 0.05) is 63.3 Å². The molecular weight excluding hydrogens is 651 g/mol. The zero-order chi connectivity index (χ0) is 35.7. The maximum atomic E-state index is 12.9. The zero-order valence-electron chi connectivity index (χ0n) is 28.5. The fourth-order valence-electron chi connectivity index (χ4n) is 5.36. The first-order valence-corrected chi connectivity index (χ1v) is 17.8. The summed E-state index contributed by atoms with van der Waals surface area (Å²) in [5.74, 6) is 1.40. The Hall–Kier alpha value is -5.86. The lowest BCUT2D eigenvalue weighted by Crippen LogP contribution is -2.23. The summed E-state index contributed by atoms with van der Waals surface area (Å²) in [6, 6.07) is 31.8. The highest BCUT2D eigenvalue weighted by Crippen LogP contribution is 2.32. The molecule has 1 amide bonds. The topological polar surface area (TPSA) is 125 Å². The molecule has 1 aromatic heterocycles. The summed E-state index contributed by atoms with van der Waals surface area (Å²) in [6.07, 6.45) is 5.32. The molecule has 5 aromatic rings. The molecule has 0 fully saturated rings. The number of nitrogens with zero attached hydrogens (tertiary/aromatic N) is 4. The van der Waals surface area contributed by atoms with Crippen LogP contribution >= 0.6 is 0 Å². The van der Waals surface area contributed by atoms with Crippen molar-refractivity contribution in [2.75, 3.05) is 36.6 Å². The summed E-state index contributed by atoms with van der Waals surface area (Å²) < 4.78 is 39.0. The third-order valence-corrected chi connectivity index (χ3v) is 8.44. The Morgan fingerprint density at radius 3 is 2.16 bits per heavy atom. The van der Waals surface area contributed by atoms with Gasteiger partial charge in [-0.15, -0.1) is 0 Å². The van der Waals surface area contributed by atoms with Crippen molar-refractivity contribution in [2.24, 2.45) is 0 Å². The predicted octanol–water partition coefficient (Wildman–Crippen LogP) is 6.96. The number of amides is 1. The van der Waals surface area contributed by atoms with Crippen molar-refractivity contribution in [3.63, 3.8) is 0 Å². The zero-order valence-corrected chi connectivity index (χ0v) is 29.3. The van der Waals surface area contributed by atoms with Gasteiger partial charge in [-0.05, 0) is 83.8 Å². The van der Waals surface area contributed by atoms with Crippen LogP contribution in [0.4, 0.5) is 11.4 Å². The third-order valence-electron chi connectivity index (χ3n) is 7.85. The standard InChI is InChI=1S/C39H39N5O5S/c1-28-37(42-50(4,46)47)8-5-9-38(28)44(26-31-12-10-29(24-40)11-13-31)27-32-14-16-34(17-15-32)49-36-22-33(39(45)43(2)3)21-35(23-36)48-20-18-30-7-6-19-41-25-30/h5-17,19,21-23,25,42H,18,20,26-27H2,1-4H3. The number of nitriles is 1. The Kier molecular flexibility index (Phi) is 11.4. The minimum Gasteiger partial charge on any atom is -0.493 e. The summed E-state index contributed by atoms with van der Waals surface area (Å²) in [5, 5.41) is 9.25. The third kappa shape index (κ3) is 9.84. The van der Waals surface area contributed by atoms with Crippen molar-refractivity contribution in [1.82, 2.24) is 9.88 Å². The minimum atomic E-state index is -3.47. The van der Waals surface area contributed by atoms with Crippen LogP contribution < -0.4 is 19.1 Å². The van der Waals surface area contributed by atoms with Crippen LogP contribution in [0.15, 0.2) is 109 Å². The first-order chi connectivity index (χ1) is 24.0. The lowest BCUT2D eigenvalue weighted by molar-refractivity contribution is 0.0826. The van der Waals surface area contributed by atoms with Crippen LogP contribution in [-0.4, -0.2) is 51.2 Å². The summed E-state index contributed by atoms with van der Waals surface area (Å²) in [5.41, 5.74) is 6.22. The van der Waals surface area contributed by atoms with Gasteiger partial charge in [-0.1, -0.05) is 36.4 Å². The number of carbonyl (C=O) groups is 1. The summed E-state index contributed by atoms with van der Waals surface area (Å²) in [7, 11) is -0.0805. The molecule has 0 aliphatic heterocycles. The number of anilines is 2. The molecule has 4 aromatic carbocycles. The van der Waals surface area contributed by atoms with Crippen LogP contribution in [0.25, 0.3) is 0 Å². The molecule has 0 saturated heterocycles. The molecule has 256 valence electrons. The van der Waals surface area contributed by atoms with Crippen LogP contribution in [0, 0.1) is 18.3 Å². The smallest absolute Gasteiger partial charge is 0.253 e.